The van der Waals surface area contributed by atoms with Crippen molar-refractivity contribution in [2.45, 2.75) is 33.2 Å². The van der Waals surface area contributed by atoms with E-state index in [1.54, 1.807) is 6.92 Å². The Kier molecular flexibility index (Phi) is 5.08. The van der Waals surface area contributed by atoms with Crippen LogP contribution in [0.1, 0.15) is 26.3 Å². The number of carbonyl (C=O) groups is 1. The molecule has 1 aromatic rings. The first-order valence-corrected chi connectivity index (χ1v) is 6.11. The standard InChI is InChI=1S/C15H21NO2/c1-12(14(17)18-4)16-11-15(2,3)10-13-8-6-5-7-9-13/h5-9,11-12H,10H2,1-4H3/b16-11+. The minimum absolute atomic E-state index is 0.0797. The monoisotopic (exact) mass is 247 g/mol. The highest BCUT2D eigenvalue weighted by Gasteiger charge is 2.17. The zero-order valence-corrected chi connectivity index (χ0v) is 11.5. The lowest BCUT2D eigenvalue weighted by Crippen LogP contribution is -2.21. The zero-order chi connectivity index (χ0) is 13.6. The topological polar surface area (TPSA) is 38.7 Å². The van der Waals surface area contributed by atoms with E-state index >= 15 is 0 Å². The molecule has 0 saturated carbocycles. The van der Waals surface area contributed by atoms with Gasteiger partial charge in [0.1, 0.15) is 6.04 Å². The summed E-state index contributed by atoms with van der Waals surface area (Å²) in [6.07, 6.45) is 2.74. The van der Waals surface area contributed by atoms with Crippen LogP contribution in [0.3, 0.4) is 0 Å². The summed E-state index contributed by atoms with van der Waals surface area (Å²) in [5.74, 6) is -0.304. The number of esters is 1. The molecule has 0 spiro atoms. The number of ether oxygens (including phenoxy) is 1. The second kappa shape index (κ2) is 6.34. The first kappa shape index (κ1) is 14.4. The summed E-state index contributed by atoms with van der Waals surface area (Å²) in [6, 6.07) is 9.81. The Morgan fingerprint density at radius 2 is 2.00 bits per heavy atom. The highest BCUT2D eigenvalue weighted by Crippen LogP contribution is 2.19. The number of benzene rings is 1. The van der Waals surface area contributed by atoms with Crippen molar-refractivity contribution in [2.24, 2.45) is 10.4 Å². The summed E-state index contributed by atoms with van der Waals surface area (Å²) < 4.78 is 4.64. The molecular formula is C15H21NO2. The number of hydrogen-bond acceptors (Lipinski definition) is 3. The van der Waals surface area contributed by atoms with E-state index in [4.69, 9.17) is 0 Å². The average molecular weight is 247 g/mol. The van der Waals surface area contributed by atoms with Crippen LogP contribution in [-0.4, -0.2) is 25.3 Å². The van der Waals surface area contributed by atoms with E-state index < -0.39 is 6.04 Å². The van der Waals surface area contributed by atoms with Gasteiger partial charge in [-0.3, -0.25) is 4.99 Å². The Labute approximate surface area is 109 Å². The Balaban J connectivity index is 2.64. The fourth-order valence-electron chi connectivity index (χ4n) is 1.71. The lowest BCUT2D eigenvalue weighted by atomic mass is 9.87. The molecular weight excluding hydrogens is 226 g/mol. The molecule has 3 nitrogen and oxygen atoms in total. The molecule has 3 heteroatoms. The molecule has 1 unspecified atom stereocenters. The largest absolute Gasteiger partial charge is 0.467 e. The van der Waals surface area contributed by atoms with Gasteiger partial charge in [0.15, 0.2) is 0 Å². The van der Waals surface area contributed by atoms with Gasteiger partial charge in [0.25, 0.3) is 0 Å². The highest BCUT2D eigenvalue weighted by molar-refractivity contribution is 5.78. The predicted octanol–water partition coefficient (Wildman–Crippen LogP) is 2.89. The summed E-state index contributed by atoms with van der Waals surface area (Å²) in [7, 11) is 1.38. The van der Waals surface area contributed by atoms with Crippen molar-refractivity contribution in [1.29, 1.82) is 0 Å². The SMILES string of the molecule is COC(=O)C(C)/N=C/C(C)(C)Cc1ccccc1. The lowest BCUT2D eigenvalue weighted by molar-refractivity contribution is -0.141. The van der Waals surface area contributed by atoms with E-state index in [1.165, 1.54) is 12.7 Å². The summed E-state index contributed by atoms with van der Waals surface area (Å²) in [5.41, 5.74) is 1.18. The second-order valence-electron chi connectivity index (χ2n) is 5.13. The Morgan fingerprint density at radius 3 is 2.56 bits per heavy atom. The predicted molar refractivity (Wildman–Crippen MR) is 73.9 cm³/mol. The van der Waals surface area contributed by atoms with Crippen LogP contribution < -0.4 is 0 Å². The van der Waals surface area contributed by atoms with E-state index in [-0.39, 0.29) is 11.4 Å². The van der Waals surface area contributed by atoms with Gasteiger partial charge in [-0.1, -0.05) is 44.2 Å². The van der Waals surface area contributed by atoms with Gasteiger partial charge in [0.05, 0.1) is 7.11 Å². The third-order valence-corrected chi connectivity index (χ3v) is 2.69. The molecule has 0 bridgehead atoms. The quantitative estimate of drug-likeness (QED) is 0.593. The molecule has 0 saturated heterocycles. The molecule has 98 valence electrons. The van der Waals surface area contributed by atoms with Crippen LogP contribution in [0.25, 0.3) is 0 Å². The summed E-state index contributed by atoms with van der Waals surface area (Å²) in [4.78, 5) is 15.5. The highest BCUT2D eigenvalue weighted by atomic mass is 16.5. The Bertz CT molecular complexity index is 410. The van der Waals surface area contributed by atoms with Crippen LogP contribution >= 0.6 is 0 Å². The van der Waals surface area contributed by atoms with Crippen LogP contribution in [0.4, 0.5) is 0 Å². The van der Waals surface area contributed by atoms with Crippen molar-refractivity contribution in [3.05, 3.63) is 35.9 Å². The van der Waals surface area contributed by atoms with Gasteiger partial charge >= 0.3 is 5.97 Å². The molecule has 18 heavy (non-hydrogen) atoms. The maximum atomic E-state index is 11.3. The van der Waals surface area contributed by atoms with Gasteiger partial charge in [-0.05, 0) is 18.9 Å². The number of carbonyl (C=O) groups excluding carboxylic acids is 1. The maximum absolute atomic E-state index is 11.3. The van der Waals surface area contributed by atoms with Crippen molar-refractivity contribution in [3.8, 4) is 0 Å². The summed E-state index contributed by atoms with van der Waals surface area (Å²) in [6.45, 7) is 5.95. The molecule has 0 aromatic heterocycles. The second-order valence-corrected chi connectivity index (χ2v) is 5.13. The van der Waals surface area contributed by atoms with Crippen molar-refractivity contribution >= 4 is 12.2 Å². The number of methoxy groups -OCH3 is 1. The smallest absolute Gasteiger partial charge is 0.330 e. The van der Waals surface area contributed by atoms with Gasteiger partial charge in [-0.15, -0.1) is 0 Å². The van der Waals surface area contributed by atoms with Crippen LogP contribution in [0.15, 0.2) is 35.3 Å². The molecule has 0 N–H and O–H groups in total. The first-order valence-electron chi connectivity index (χ1n) is 6.11. The van der Waals surface area contributed by atoms with Crippen molar-refractivity contribution in [2.75, 3.05) is 7.11 Å². The van der Waals surface area contributed by atoms with Gasteiger partial charge in [0.2, 0.25) is 0 Å². The van der Waals surface area contributed by atoms with E-state index in [0.29, 0.717) is 0 Å². The zero-order valence-electron chi connectivity index (χ0n) is 11.5. The molecule has 0 fully saturated rings. The number of aliphatic imine (C=N–C) groups is 1. The first-order chi connectivity index (χ1) is 8.44. The maximum Gasteiger partial charge on any atom is 0.330 e. The normalized spacial score (nSPS) is 13.6. The molecule has 1 aromatic carbocycles. The fraction of sp³-hybridized carbons (Fsp3) is 0.467. The Hall–Kier alpha value is -1.64. The third-order valence-electron chi connectivity index (χ3n) is 2.69. The van der Waals surface area contributed by atoms with Crippen molar-refractivity contribution in [1.82, 2.24) is 0 Å². The van der Waals surface area contributed by atoms with Gasteiger partial charge in [-0.25, -0.2) is 4.79 Å². The van der Waals surface area contributed by atoms with E-state index in [2.05, 4.69) is 35.7 Å². The fourth-order valence-corrected chi connectivity index (χ4v) is 1.71. The molecule has 0 amide bonds. The average Bonchev–Trinajstić information content (AvgIpc) is 2.35. The molecule has 0 radical (unpaired) electrons. The van der Waals surface area contributed by atoms with Crippen LogP contribution in [0.2, 0.25) is 0 Å². The number of rotatable bonds is 5. The van der Waals surface area contributed by atoms with Crippen LogP contribution in [-0.2, 0) is 16.0 Å². The van der Waals surface area contributed by atoms with Crippen LogP contribution in [0.5, 0.6) is 0 Å². The summed E-state index contributed by atoms with van der Waals surface area (Å²) >= 11 is 0. The van der Waals surface area contributed by atoms with E-state index in [0.717, 1.165) is 6.42 Å². The minimum Gasteiger partial charge on any atom is -0.467 e. The van der Waals surface area contributed by atoms with Crippen molar-refractivity contribution < 1.29 is 9.53 Å². The Morgan fingerprint density at radius 1 is 1.39 bits per heavy atom. The van der Waals surface area contributed by atoms with E-state index in [9.17, 15) is 4.79 Å². The molecule has 0 aliphatic heterocycles. The van der Waals surface area contributed by atoms with Crippen molar-refractivity contribution in [3.63, 3.8) is 0 Å². The van der Waals surface area contributed by atoms with E-state index in [1.807, 2.05) is 24.4 Å². The molecule has 0 aliphatic carbocycles. The molecule has 1 atom stereocenters. The molecule has 0 heterocycles. The molecule has 1 rings (SSSR count). The minimum atomic E-state index is -0.440. The van der Waals surface area contributed by atoms with Gasteiger partial charge in [-0.2, -0.15) is 0 Å². The van der Waals surface area contributed by atoms with Gasteiger partial charge in [0, 0.05) is 11.6 Å². The lowest BCUT2D eigenvalue weighted by Gasteiger charge is -2.19. The summed E-state index contributed by atoms with van der Waals surface area (Å²) in [5, 5.41) is 0. The third kappa shape index (κ3) is 4.70. The number of nitrogens with zero attached hydrogens (tertiary/aromatic N) is 1. The van der Waals surface area contributed by atoms with Crippen LogP contribution in [0, 0.1) is 5.41 Å². The molecule has 0 aliphatic rings. The van der Waals surface area contributed by atoms with Gasteiger partial charge < -0.3 is 4.74 Å². The number of hydrogen-bond donors (Lipinski definition) is 0.